The number of aromatic nitrogens is 2. The molecule has 0 spiro atoms. The number of primary amides is 1. The van der Waals surface area contributed by atoms with E-state index in [1.807, 2.05) is 28.8 Å². The monoisotopic (exact) mass is 228 g/mol. The lowest BCUT2D eigenvalue weighted by Crippen LogP contribution is -2.17. The van der Waals surface area contributed by atoms with Gasteiger partial charge in [-0.25, -0.2) is 4.98 Å². The van der Waals surface area contributed by atoms with Crippen LogP contribution in [0, 0.1) is 11.3 Å². The third-order valence-electron chi connectivity index (χ3n) is 2.51. The van der Waals surface area contributed by atoms with Gasteiger partial charge in [-0.05, 0) is 12.1 Å². The summed E-state index contributed by atoms with van der Waals surface area (Å²) in [6.45, 7) is 0.527. The maximum absolute atomic E-state index is 11.0. The van der Waals surface area contributed by atoms with Crippen LogP contribution in [-0.2, 0) is 17.8 Å². The van der Waals surface area contributed by atoms with Crippen LogP contribution in [0.15, 0.2) is 24.3 Å². The normalized spacial score (nSPS) is 10.3. The third kappa shape index (κ3) is 2.26. The van der Waals surface area contributed by atoms with Crippen molar-refractivity contribution in [2.45, 2.75) is 19.4 Å². The molecule has 0 aliphatic rings. The maximum atomic E-state index is 11.0. The van der Waals surface area contributed by atoms with Crippen molar-refractivity contribution in [2.75, 3.05) is 0 Å². The molecule has 17 heavy (non-hydrogen) atoms. The molecule has 0 atom stereocenters. The zero-order valence-corrected chi connectivity index (χ0v) is 9.26. The highest BCUT2D eigenvalue weighted by Gasteiger charge is 2.11. The standard InChI is InChI=1S/C12H12N4O/c13-6-3-7-16-10-5-2-1-4-9(10)15-12(16)8-11(14)17/h1-2,4-5H,3,7-8H2,(H2,14,17). The van der Waals surface area contributed by atoms with Crippen LogP contribution >= 0.6 is 0 Å². The molecule has 86 valence electrons. The molecule has 0 aliphatic carbocycles. The van der Waals surface area contributed by atoms with Crippen molar-refractivity contribution in [2.24, 2.45) is 5.73 Å². The summed E-state index contributed by atoms with van der Waals surface area (Å²) in [5.74, 6) is 0.201. The number of aryl methyl sites for hydroxylation is 1. The van der Waals surface area contributed by atoms with Gasteiger partial charge in [-0.1, -0.05) is 12.1 Å². The van der Waals surface area contributed by atoms with E-state index in [-0.39, 0.29) is 6.42 Å². The first-order valence-electron chi connectivity index (χ1n) is 5.32. The first kappa shape index (κ1) is 11.1. The van der Waals surface area contributed by atoms with E-state index in [0.29, 0.717) is 18.8 Å². The molecule has 1 heterocycles. The number of para-hydroxylation sites is 2. The smallest absolute Gasteiger partial charge is 0.225 e. The predicted molar refractivity (Wildman–Crippen MR) is 62.9 cm³/mol. The Morgan fingerprint density at radius 3 is 2.94 bits per heavy atom. The molecule has 0 saturated heterocycles. The van der Waals surface area contributed by atoms with E-state index in [0.717, 1.165) is 11.0 Å². The van der Waals surface area contributed by atoms with Crippen molar-refractivity contribution in [1.29, 1.82) is 5.26 Å². The molecular formula is C12H12N4O. The Kier molecular flexibility index (Phi) is 3.06. The van der Waals surface area contributed by atoms with Gasteiger partial charge < -0.3 is 10.3 Å². The number of nitriles is 1. The lowest BCUT2D eigenvalue weighted by atomic mass is 10.3. The maximum Gasteiger partial charge on any atom is 0.225 e. The highest BCUT2D eigenvalue weighted by Crippen LogP contribution is 2.16. The van der Waals surface area contributed by atoms with Gasteiger partial charge in [-0.3, -0.25) is 4.79 Å². The topological polar surface area (TPSA) is 84.7 Å². The number of benzene rings is 1. The molecule has 0 bridgehead atoms. The fraction of sp³-hybridized carbons (Fsp3) is 0.250. The number of imidazole rings is 1. The van der Waals surface area contributed by atoms with Gasteiger partial charge in [0.1, 0.15) is 5.82 Å². The molecule has 1 aromatic carbocycles. The first-order valence-corrected chi connectivity index (χ1v) is 5.32. The highest BCUT2D eigenvalue weighted by atomic mass is 16.1. The predicted octanol–water partition coefficient (Wildman–Crippen LogP) is 0.978. The van der Waals surface area contributed by atoms with Crippen LogP contribution in [0.2, 0.25) is 0 Å². The van der Waals surface area contributed by atoms with Crippen LogP contribution in [0.25, 0.3) is 11.0 Å². The Morgan fingerprint density at radius 2 is 2.24 bits per heavy atom. The second-order valence-electron chi connectivity index (χ2n) is 3.72. The molecule has 1 amide bonds. The summed E-state index contributed by atoms with van der Waals surface area (Å²) in [6.07, 6.45) is 0.478. The van der Waals surface area contributed by atoms with E-state index in [2.05, 4.69) is 11.1 Å². The molecule has 0 radical (unpaired) electrons. The van der Waals surface area contributed by atoms with E-state index in [1.165, 1.54) is 0 Å². The minimum Gasteiger partial charge on any atom is -0.369 e. The summed E-state index contributed by atoms with van der Waals surface area (Å²) in [5.41, 5.74) is 6.94. The zero-order chi connectivity index (χ0) is 12.3. The van der Waals surface area contributed by atoms with Crippen LogP contribution in [0.5, 0.6) is 0 Å². The van der Waals surface area contributed by atoms with Gasteiger partial charge in [-0.15, -0.1) is 0 Å². The number of carbonyl (C=O) groups is 1. The number of fused-ring (bicyclic) bond motifs is 1. The minimum absolute atomic E-state index is 0.0973. The summed E-state index contributed by atoms with van der Waals surface area (Å²) in [4.78, 5) is 15.3. The fourth-order valence-electron chi connectivity index (χ4n) is 1.83. The summed E-state index contributed by atoms with van der Waals surface area (Å²) in [5, 5.41) is 8.63. The molecule has 2 rings (SSSR count). The molecule has 1 aromatic heterocycles. The van der Waals surface area contributed by atoms with Crippen molar-refractivity contribution >= 4 is 16.9 Å². The van der Waals surface area contributed by atoms with E-state index in [1.54, 1.807) is 0 Å². The van der Waals surface area contributed by atoms with Crippen LogP contribution in [0.1, 0.15) is 12.2 Å². The molecule has 0 aliphatic heterocycles. The van der Waals surface area contributed by atoms with Gasteiger partial charge in [0.25, 0.3) is 0 Å². The Balaban J connectivity index is 2.49. The summed E-state index contributed by atoms with van der Waals surface area (Å²) in [7, 11) is 0. The van der Waals surface area contributed by atoms with Crippen LogP contribution < -0.4 is 5.73 Å². The van der Waals surface area contributed by atoms with E-state index in [9.17, 15) is 4.79 Å². The Labute approximate surface area is 98.5 Å². The average Bonchev–Trinajstić information content (AvgIpc) is 2.63. The van der Waals surface area contributed by atoms with E-state index in [4.69, 9.17) is 11.0 Å². The first-order chi connectivity index (χ1) is 8.22. The number of hydrogen-bond acceptors (Lipinski definition) is 3. The van der Waals surface area contributed by atoms with Gasteiger partial charge in [-0.2, -0.15) is 5.26 Å². The second-order valence-corrected chi connectivity index (χ2v) is 3.72. The number of carbonyl (C=O) groups excluding carboxylic acids is 1. The molecular weight excluding hydrogens is 216 g/mol. The van der Waals surface area contributed by atoms with Crippen LogP contribution in [0.4, 0.5) is 0 Å². The van der Waals surface area contributed by atoms with Gasteiger partial charge in [0, 0.05) is 6.54 Å². The number of rotatable bonds is 4. The summed E-state index contributed by atoms with van der Waals surface area (Å²) < 4.78 is 1.88. The molecule has 0 unspecified atom stereocenters. The zero-order valence-electron chi connectivity index (χ0n) is 9.26. The largest absolute Gasteiger partial charge is 0.369 e. The van der Waals surface area contributed by atoms with Crippen LogP contribution in [-0.4, -0.2) is 15.5 Å². The van der Waals surface area contributed by atoms with Crippen LogP contribution in [0.3, 0.4) is 0 Å². The second kappa shape index (κ2) is 4.66. The van der Waals surface area contributed by atoms with Gasteiger partial charge in [0.05, 0.1) is 29.9 Å². The van der Waals surface area contributed by atoms with Gasteiger partial charge in [0.15, 0.2) is 0 Å². The SMILES string of the molecule is N#CCCn1c(CC(N)=O)nc2ccccc21. The molecule has 0 fully saturated rings. The Bertz CT molecular complexity index is 594. The van der Waals surface area contributed by atoms with E-state index < -0.39 is 5.91 Å². The van der Waals surface area contributed by atoms with Crippen molar-refractivity contribution in [3.63, 3.8) is 0 Å². The molecule has 2 aromatic rings. The van der Waals surface area contributed by atoms with Crippen molar-refractivity contribution < 1.29 is 4.79 Å². The number of amides is 1. The quantitative estimate of drug-likeness (QED) is 0.846. The number of nitrogens with zero attached hydrogens (tertiary/aromatic N) is 3. The summed E-state index contributed by atoms with van der Waals surface area (Å²) >= 11 is 0. The summed E-state index contributed by atoms with van der Waals surface area (Å²) in [6, 6.07) is 9.68. The molecule has 5 heteroatoms. The molecule has 5 nitrogen and oxygen atoms in total. The lowest BCUT2D eigenvalue weighted by molar-refractivity contribution is -0.117. The van der Waals surface area contributed by atoms with Crippen molar-refractivity contribution in [3.05, 3.63) is 30.1 Å². The molecule has 0 saturated carbocycles. The Morgan fingerprint density at radius 1 is 1.47 bits per heavy atom. The Hall–Kier alpha value is -2.35. The molecule has 2 N–H and O–H groups in total. The minimum atomic E-state index is -0.418. The lowest BCUT2D eigenvalue weighted by Gasteiger charge is -2.04. The third-order valence-corrected chi connectivity index (χ3v) is 2.51. The van der Waals surface area contributed by atoms with Gasteiger partial charge >= 0.3 is 0 Å². The average molecular weight is 228 g/mol. The van der Waals surface area contributed by atoms with E-state index >= 15 is 0 Å². The number of hydrogen-bond donors (Lipinski definition) is 1. The fourth-order valence-corrected chi connectivity index (χ4v) is 1.83. The van der Waals surface area contributed by atoms with Gasteiger partial charge in [0.2, 0.25) is 5.91 Å². The van der Waals surface area contributed by atoms with Crippen molar-refractivity contribution in [3.8, 4) is 6.07 Å². The highest BCUT2D eigenvalue weighted by molar-refractivity contribution is 5.80. The van der Waals surface area contributed by atoms with Crippen molar-refractivity contribution in [1.82, 2.24) is 9.55 Å². The number of nitrogens with two attached hydrogens (primary N) is 1.